The van der Waals surface area contributed by atoms with Gasteiger partial charge in [-0.2, -0.15) is 0 Å². The highest BCUT2D eigenvalue weighted by atomic mass is 32.2. The van der Waals surface area contributed by atoms with Crippen molar-refractivity contribution in [2.24, 2.45) is 0 Å². The maximum atomic E-state index is 5.08. The first-order valence-electron chi connectivity index (χ1n) is 2.57. The number of furan rings is 1. The lowest BCUT2D eigenvalue weighted by molar-refractivity contribution is 0.472. The van der Waals surface area contributed by atoms with Gasteiger partial charge in [0.25, 0.3) is 0 Å². The Bertz CT molecular complexity index is 174. The van der Waals surface area contributed by atoms with Gasteiger partial charge in [0.2, 0.25) is 0 Å². The van der Waals surface area contributed by atoms with Crippen molar-refractivity contribution in [3.8, 4) is 0 Å². The number of hydrogen-bond acceptors (Lipinski definition) is 2. The lowest BCUT2D eigenvalue weighted by Gasteiger charge is -1.78. The molecule has 2 heterocycles. The molecule has 2 rings (SSSR count). The summed E-state index contributed by atoms with van der Waals surface area (Å²) in [5.41, 5.74) is 1.26. The summed E-state index contributed by atoms with van der Waals surface area (Å²) < 4.78 is 5.08. The van der Waals surface area contributed by atoms with Crippen LogP contribution in [0.4, 0.5) is 0 Å². The second-order valence-electron chi connectivity index (χ2n) is 1.74. The van der Waals surface area contributed by atoms with Gasteiger partial charge in [-0.25, -0.2) is 0 Å². The van der Waals surface area contributed by atoms with E-state index in [2.05, 4.69) is 6.07 Å². The van der Waals surface area contributed by atoms with E-state index in [4.69, 9.17) is 4.42 Å². The predicted molar refractivity (Wildman–Crippen MR) is 32.0 cm³/mol. The first-order valence-corrected chi connectivity index (χ1v) is 3.56. The van der Waals surface area contributed by atoms with E-state index in [1.807, 2.05) is 0 Å². The van der Waals surface area contributed by atoms with Crippen molar-refractivity contribution in [2.45, 2.75) is 11.5 Å². The van der Waals surface area contributed by atoms with Crippen molar-refractivity contribution in [2.75, 3.05) is 5.75 Å². The summed E-state index contributed by atoms with van der Waals surface area (Å²) in [5.74, 6) is 1.17. The molecule has 0 fully saturated rings. The number of thioether (sulfide) groups is 1. The molecular formula is C6H5OS. The molecule has 1 aliphatic heterocycles. The second-order valence-corrected chi connectivity index (χ2v) is 2.81. The van der Waals surface area contributed by atoms with Crippen LogP contribution < -0.4 is 0 Å². The molecule has 41 valence electrons. The van der Waals surface area contributed by atoms with E-state index in [1.165, 1.54) is 11.3 Å². The minimum atomic E-state index is 1.07. The van der Waals surface area contributed by atoms with Crippen LogP contribution in [0, 0.1) is 6.07 Å². The Labute approximate surface area is 52.1 Å². The lowest BCUT2D eigenvalue weighted by Crippen LogP contribution is -1.72. The van der Waals surface area contributed by atoms with Crippen LogP contribution in [0.1, 0.15) is 5.56 Å². The van der Waals surface area contributed by atoms with Gasteiger partial charge in [-0.1, -0.05) is 11.8 Å². The SMILES string of the molecule is [c]1coc2c1CCS2. The molecule has 0 spiro atoms. The van der Waals surface area contributed by atoms with Crippen LogP contribution in [0.2, 0.25) is 0 Å². The minimum Gasteiger partial charge on any atom is -0.457 e. The third-order valence-corrected chi connectivity index (χ3v) is 2.24. The fourth-order valence-corrected chi connectivity index (χ4v) is 1.77. The molecule has 0 amide bonds. The summed E-state index contributed by atoms with van der Waals surface area (Å²) in [6.45, 7) is 0. The Morgan fingerprint density at radius 2 is 2.75 bits per heavy atom. The van der Waals surface area contributed by atoms with Crippen LogP contribution in [-0.4, -0.2) is 5.75 Å². The van der Waals surface area contributed by atoms with E-state index in [0.717, 1.165) is 11.5 Å². The van der Waals surface area contributed by atoms with Gasteiger partial charge < -0.3 is 4.42 Å². The normalized spacial score (nSPS) is 16.5. The van der Waals surface area contributed by atoms with Crippen molar-refractivity contribution in [1.82, 2.24) is 0 Å². The van der Waals surface area contributed by atoms with Crippen LogP contribution >= 0.6 is 11.8 Å². The molecule has 0 aromatic carbocycles. The molecule has 0 saturated carbocycles. The average Bonchev–Trinajstić information content (AvgIpc) is 2.15. The molecular weight excluding hydrogens is 120 g/mol. The van der Waals surface area contributed by atoms with Crippen LogP contribution in [0.5, 0.6) is 0 Å². The Morgan fingerprint density at radius 1 is 1.75 bits per heavy atom. The zero-order valence-corrected chi connectivity index (χ0v) is 5.12. The maximum Gasteiger partial charge on any atom is 0.163 e. The zero-order chi connectivity index (χ0) is 5.40. The van der Waals surface area contributed by atoms with Gasteiger partial charge >= 0.3 is 0 Å². The first-order chi connectivity index (χ1) is 3.97. The van der Waals surface area contributed by atoms with Crippen LogP contribution in [-0.2, 0) is 6.42 Å². The molecule has 1 aliphatic rings. The summed E-state index contributed by atoms with van der Waals surface area (Å²) >= 11 is 1.78. The van der Waals surface area contributed by atoms with Crippen molar-refractivity contribution in [3.05, 3.63) is 17.9 Å². The van der Waals surface area contributed by atoms with Crippen molar-refractivity contribution in [3.63, 3.8) is 0 Å². The van der Waals surface area contributed by atoms with Crippen molar-refractivity contribution < 1.29 is 4.42 Å². The minimum absolute atomic E-state index is 1.07. The third-order valence-electron chi connectivity index (χ3n) is 1.23. The monoisotopic (exact) mass is 125 g/mol. The molecule has 0 unspecified atom stereocenters. The predicted octanol–water partition coefficient (Wildman–Crippen LogP) is 1.73. The largest absolute Gasteiger partial charge is 0.457 e. The van der Waals surface area contributed by atoms with Gasteiger partial charge in [-0.3, -0.25) is 0 Å². The molecule has 0 atom stereocenters. The smallest absolute Gasteiger partial charge is 0.163 e. The van der Waals surface area contributed by atoms with Crippen molar-refractivity contribution >= 4 is 11.8 Å². The summed E-state index contributed by atoms with van der Waals surface area (Å²) in [6.07, 6.45) is 2.77. The van der Waals surface area contributed by atoms with Crippen LogP contribution in [0.25, 0.3) is 0 Å². The molecule has 0 aliphatic carbocycles. The highest BCUT2D eigenvalue weighted by Gasteiger charge is 2.13. The van der Waals surface area contributed by atoms with Crippen LogP contribution in [0.15, 0.2) is 15.8 Å². The van der Waals surface area contributed by atoms with Gasteiger partial charge in [-0.05, 0) is 6.42 Å². The van der Waals surface area contributed by atoms with E-state index in [9.17, 15) is 0 Å². The molecule has 0 saturated heterocycles. The molecule has 0 bridgehead atoms. The third kappa shape index (κ3) is 0.494. The Hall–Kier alpha value is -0.370. The first kappa shape index (κ1) is 4.50. The van der Waals surface area contributed by atoms with E-state index < -0.39 is 0 Å². The Balaban J connectivity index is 2.54. The van der Waals surface area contributed by atoms with Gasteiger partial charge in [0, 0.05) is 17.4 Å². The van der Waals surface area contributed by atoms with Crippen LogP contribution in [0.3, 0.4) is 0 Å². The summed E-state index contributed by atoms with van der Waals surface area (Å²) in [6, 6.07) is 3.03. The van der Waals surface area contributed by atoms with Crippen molar-refractivity contribution in [1.29, 1.82) is 0 Å². The number of aryl methyl sites for hydroxylation is 1. The number of fused-ring (bicyclic) bond motifs is 1. The highest BCUT2D eigenvalue weighted by molar-refractivity contribution is 7.99. The summed E-state index contributed by atoms with van der Waals surface area (Å²) in [5, 5.41) is 1.07. The van der Waals surface area contributed by atoms with E-state index in [1.54, 1.807) is 18.0 Å². The average molecular weight is 125 g/mol. The molecule has 1 aromatic rings. The topological polar surface area (TPSA) is 13.1 Å². The number of rotatable bonds is 0. The quantitative estimate of drug-likeness (QED) is 0.523. The zero-order valence-electron chi connectivity index (χ0n) is 4.31. The molecule has 1 aromatic heterocycles. The number of hydrogen-bond donors (Lipinski definition) is 0. The molecule has 1 radical (unpaired) electrons. The lowest BCUT2D eigenvalue weighted by atomic mass is 10.3. The van der Waals surface area contributed by atoms with E-state index in [0.29, 0.717) is 0 Å². The maximum absolute atomic E-state index is 5.08. The Kier molecular flexibility index (Phi) is 0.875. The highest BCUT2D eigenvalue weighted by Crippen LogP contribution is 2.30. The van der Waals surface area contributed by atoms with E-state index >= 15 is 0 Å². The second kappa shape index (κ2) is 1.55. The van der Waals surface area contributed by atoms with Gasteiger partial charge in [0.15, 0.2) is 5.09 Å². The van der Waals surface area contributed by atoms with E-state index in [-0.39, 0.29) is 0 Å². The van der Waals surface area contributed by atoms with Gasteiger partial charge in [0.05, 0.1) is 0 Å². The summed E-state index contributed by atoms with van der Waals surface area (Å²) in [7, 11) is 0. The molecule has 0 N–H and O–H groups in total. The fourth-order valence-electron chi connectivity index (χ4n) is 0.825. The molecule has 8 heavy (non-hydrogen) atoms. The van der Waals surface area contributed by atoms with Gasteiger partial charge in [0.1, 0.15) is 6.26 Å². The molecule has 2 heteroatoms. The van der Waals surface area contributed by atoms with Gasteiger partial charge in [-0.15, -0.1) is 0 Å². The summed E-state index contributed by atoms with van der Waals surface area (Å²) in [4.78, 5) is 0. The fraction of sp³-hybridized carbons (Fsp3) is 0.333. The Morgan fingerprint density at radius 3 is 3.62 bits per heavy atom. The molecule has 1 nitrogen and oxygen atoms in total. The standard InChI is InChI=1S/C6H5OS/c1-3-7-6-5(1)2-4-8-6/h3H,2,4H2.